The van der Waals surface area contributed by atoms with E-state index in [1.165, 1.54) is 0 Å². The van der Waals surface area contributed by atoms with Gasteiger partial charge in [0.15, 0.2) is 0 Å². The maximum Gasteiger partial charge on any atom is 0.244 e. The third-order valence-electron chi connectivity index (χ3n) is 4.18. The zero-order valence-electron chi connectivity index (χ0n) is 14.8. The highest BCUT2D eigenvalue weighted by molar-refractivity contribution is 6.33. The lowest BCUT2D eigenvalue weighted by atomic mass is 9.95. The van der Waals surface area contributed by atoms with Crippen LogP contribution in [0.4, 0.5) is 5.69 Å². The Balaban J connectivity index is 1.91. The minimum atomic E-state index is -0.511. The van der Waals surface area contributed by atoms with Gasteiger partial charge in [-0.05, 0) is 19.1 Å². The Hall–Kier alpha value is -1.75. The predicted molar refractivity (Wildman–Crippen MR) is 97.3 cm³/mol. The fourth-order valence-corrected chi connectivity index (χ4v) is 2.88. The molecule has 1 aliphatic rings. The summed E-state index contributed by atoms with van der Waals surface area (Å²) in [5, 5.41) is 3.53. The van der Waals surface area contributed by atoms with Crippen LogP contribution in [0.1, 0.15) is 27.7 Å². The van der Waals surface area contributed by atoms with Gasteiger partial charge in [-0.25, -0.2) is 0 Å². The number of rotatable bonds is 3. The summed E-state index contributed by atoms with van der Waals surface area (Å²) in [6.07, 6.45) is 0. The molecule has 1 fully saturated rings. The van der Waals surface area contributed by atoms with Crippen molar-refractivity contribution in [1.29, 1.82) is 0 Å². The minimum absolute atomic E-state index is 0.0357. The molecular formula is C18H26ClN3O2. The van der Waals surface area contributed by atoms with E-state index in [0.717, 1.165) is 23.8 Å². The number of amides is 2. The maximum absolute atomic E-state index is 12.5. The molecule has 0 spiro atoms. The van der Waals surface area contributed by atoms with Crippen molar-refractivity contribution in [3.05, 3.63) is 29.3 Å². The molecule has 24 heavy (non-hydrogen) atoms. The van der Waals surface area contributed by atoms with Gasteiger partial charge in [0.2, 0.25) is 11.8 Å². The molecule has 0 aliphatic carbocycles. The molecule has 5 nitrogen and oxygen atoms in total. The molecule has 132 valence electrons. The van der Waals surface area contributed by atoms with E-state index in [4.69, 9.17) is 11.6 Å². The highest BCUT2D eigenvalue weighted by Gasteiger charge is 2.29. The molecule has 1 saturated heterocycles. The molecule has 2 rings (SSSR count). The molecule has 1 aromatic rings. The summed E-state index contributed by atoms with van der Waals surface area (Å²) in [7, 11) is 0. The second-order valence-electron chi connectivity index (χ2n) is 7.21. The number of nitrogens with one attached hydrogen (secondary N) is 1. The predicted octanol–water partition coefficient (Wildman–Crippen LogP) is 2.54. The van der Waals surface area contributed by atoms with E-state index in [9.17, 15) is 9.59 Å². The van der Waals surface area contributed by atoms with Gasteiger partial charge in [-0.1, -0.05) is 44.5 Å². The van der Waals surface area contributed by atoms with Crippen LogP contribution in [0.25, 0.3) is 0 Å². The van der Waals surface area contributed by atoms with E-state index >= 15 is 0 Å². The summed E-state index contributed by atoms with van der Waals surface area (Å²) in [6.45, 7) is 9.96. The maximum atomic E-state index is 12.5. The average Bonchev–Trinajstić information content (AvgIpc) is 2.54. The van der Waals surface area contributed by atoms with Crippen molar-refractivity contribution in [3.63, 3.8) is 0 Å². The largest absolute Gasteiger partial charge is 0.367 e. The van der Waals surface area contributed by atoms with Crippen LogP contribution < -0.4 is 10.2 Å². The molecule has 0 saturated carbocycles. The smallest absolute Gasteiger partial charge is 0.244 e. The van der Waals surface area contributed by atoms with Gasteiger partial charge in [0, 0.05) is 31.6 Å². The third-order valence-corrected chi connectivity index (χ3v) is 4.50. The number of benzene rings is 1. The van der Waals surface area contributed by atoms with Crippen LogP contribution in [0.15, 0.2) is 24.3 Å². The van der Waals surface area contributed by atoms with E-state index < -0.39 is 11.5 Å². The van der Waals surface area contributed by atoms with Gasteiger partial charge < -0.3 is 15.1 Å². The Morgan fingerprint density at radius 3 is 2.25 bits per heavy atom. The molecule has 0 radical (unpaired) electrons. The number of piperazine rings is 1. The molecule has 1 atom stereocenters. The second kappa shape index (κ2) is 7.43. The van der Waals surface area contributed by atoms with Gasteiger partial charge in [-0.2, -0.15) is 0 Å². The van der Waals surface area contributed by atoms with Crippen molar-refractivity contribution in [3.8, 4) is 0 Å². The lowest BCUT2D eigenvalue weighted by molar-refractivity contribution is -0.138. The number of nitrogens with zero attached hydrogens (tertiary/aromatic N) is 2. The van der Waals surface area contributed by atoms with Crippen molar-refractivity contribution in [1.82, 2.24) is 10.2 Å². The van der Waals surface area contributed by atoms with E-state index in [0.29, 0.717) is 13.1 Å². The summed E-state index contributed by atoms with van der Waals surface area (Å²) >= 11 is 6.24. The molecule has 1 N–H and O–H groups in total. The Bertz CT molecular complexity index is 605. The Morgan fingerprint density at radius 1 is 1.12 bits per heavy atom. The molecule has 1 aliphatic heterocycles. The van der Waals surface area contributed by atoms with Crippen molar-refractivity contribution < 1.29 is 9.59 Å². The number of hydrogen-bond donors (Lipinski definition) is 1. The van der Waals surface area contributed by atoms with E-state index in [-0.39, 0.29) is 11.8 Å². The standard InChI is InChI=1S/C18H26ClN3O2/c1-13(20-17(24)18(2,3)4)16(23)22-11-9-21(10-12-22)15-8-6-5-7-14(15)19/h5-8,13H,9-12H2,1-4H3,(H,20,24). The highest BCUT2D eigenvalue weighted by atomic mass is 35.5. The lowest BCUT2D eigenvalue weighted by Gasteiger charge is -2.37. The van der Waals surface area contributed by atoms with Crippen LogP contribution in [0, 0.1) is 5.41 Å². The Morgan fingerprint density at radius 2 is 1.71 bits per heavy atom. The molecule has 1 unspecified atom stereocenters. The first-order chi connectivity index (χ1) is 11.2. The molecule has 6 heteroatoms. The average molecular weight is 352 g/mol. The summed E-state index contributed by atoms with van der Waals surface area (Å²) < 4.78 is 0. The van der Waals surface area contributed by atoms with E-state index in [1.807, 2.05) is 45.0 Å². The molecule has 0 aromatic heterocycles. The quantitative estimate of drug-likeness (QED) is 0.910. The van der Waals surface area contributed by atoms with Gasteiger partial charge in [0.05, 0.1) is 10.7 Å². The molecule has 1 aromatic carbocycles. The lowest BCUT2D eigenvalue weighted by Crippen LogP contribution is -2.55. The monoisotopic (exact) mass is 351 g/mol. The number of carbonyl (C=O) groups is 2. The normalized spacial score (nSPS) is 16.7. The molecule has 0 bridgehead atoms. The van der Waals surface area contributed by atoms with E-state index in [1.54, 1.807) is 11.8 Å². The first kappa shape index (κ1) is 18.6. The van der Waals surface area contributed by atoms with Crippen LogP contribution in [0.2, 0.25) is 5.02 Å². The zero-order valence-corrected chi connectivity index (χ0v) is 15.6. The van der Waals surface area contributed by atoms with Crippen LogP contribution in [0.3, 0.4) is 0 Å². The Kier molecular flexibility index (Phi) is 5.75. The summed E-state index contributed by atoms with van der Waals surface area (Å²) in [5.41, 5.74) is 0.498. The number of para-hydroxylation sites is 1. The SMILES string of the molecule is CC(NC(=O)C(C)(C)C)C(=O)N1CCN(c2ccccc2Cl)CC1. The first-order valence-electron chi connectivity index (χ1n) is 8.29. The van der Waals surface area contributed by atoms with Crippen LogP contribution in [-0.2, 0) is 9.59 Å². The Labute approximate surface area is 149 Å². The van der Waals surface area contributed by atoms with Crippen molar-refractivity contribution in [2.75, 3.05) is 31.1 Å². The molecule has 1 heterocycles. The van der Waals surface area contributed by atoms with Crippen LogP contribution in [0.5, 0.6) is 0 Å². The number of hydrogen-bond acceptors (Lipinski definition) is 3. The number of halogens is 1. The highest BCUT2D eigenvalue weighted by Crippen LogP contribution is 2.26. The van der Waals surface area contributed by atoms with E-state index in [2.05, 4.69) is 10.2 Å². The van der Waals surface area contributed by atoms with Gasteiger partial charge in [0.1, 0.15) is 6.04 Å². The number of anilines is 1. The summed E-state index contributed by atoms with van der Waals surface area (Å²) in [4.78, 5) is 28.6. The molecule has 2 amide bonds. The van der Waals surface area contributed by atoms with Crippen LogP contribution in [-0.4, -0.2) is 48.9 Å². The second-order valence-corrected chi connectivity index (χ2v) is 7.62. The van der Waals surface area contributed by atoms with Gasteiger partial charge in [0.25, 0.3) is 0 Å². The van der Waals surface area contributed by atoms with Crippen molar-refractivity contribution in [2.24, 2.45) is 5.41 Å². The first-order valence-corrected chi connectivity index (χ1v) is 8.67. The zero-order chi connectivity index (χ0) is 17.9. The van der Waals surface area contributed by atoms with Gasteiger partial charge in [-0.15, -0.1) is 0 Å². The fourth-order valence-electron chi connectivity index (χ4n) is 2.62. The van der Waals surface area contributed by atoms with Gasteiger partial charge in [-0.3, -0.25) is 9.59 Å². The molecular weight excluding hydrogens is 326 g/mol. The van der Waals surface area contributed by atoms with Crippen molar-refractivity contribution >= 4 is 29.1 Å². The summed E-state index contributed by atoms with van der Waals surface area (Å²) in [5.74, 6) is -0.149. The third kappa shape index (κ3) is 4.41. The number of carbonyl (C=O) groups excluding carboxylic acids is 2. The minimum Gasteiger partial charge on any atom is -0.367 e. The summed E-state index contributed by atoms with van der Waals surface area (Å²) in [6, 6.07) is 7.22. The van der Waals surface area contributed by atoms with Crippen LogP contribution >= 0.6 is 11.6 Å². The topological polar surface area (TPSA) is 52.7 Å². The fraction of sp³-hybridized carbons (Fsp3) is 0.556. The van der Waals surface area contributed by atoms with Gasteiger partial charge >= 0.3 is 0 Å². The van der Waals surface area contributed by atoms with Crippen molar-refractivity contribution in [2.45, 2.75) is 33.7 Å².